The van der Waals surface area contributed by atoms with Gasteiger partial charge in [-0.1, -0.05) is 6.07 Å². The van der Waals surface area contributed by atoms with Crippen molar-refractivity contribution in [3.8, 4) is 23.0 Å². The molecule has 0 aliphatic carbocycles. The van der Waals surface area contributed by atoms with Crippen molar-refractivity contribution in [2.75, 3.05) is 31.8 Å². The van der Waals surface area contributed by atoms with E-state index in [1.54, 1.807) is 36.4 Å². The van der Waals surface area contributed by atoms with Crippen LogP contribution in [0, 0.1) is 13.8 Å². The van der Waals surface area contributed by atoms with E-state index in [4.69, 9.17) is 18.9 Å². The molecule has 0 spiro atoms. The van der Waals surface area contributed by atoms with E-state index < -0.39 is 17.8 Å². The summed E-state index contributed by atoms with van der Waals surface area (Å²) < 4.78 is 23.3. The number of ether oxygens (including phenoxy) is 4. The number of urea groups is 1. The van der Waals surface area contributed by atoms with Gasteiger partial charge in [0.25, 0.3) is 11.8 Å². The summed E-state index contributed by atoms with van der Waals surface area (Å²) in [4.78, 5) is 39.3. The number of hydrogen-bond acceptors (Lipinski definition) is 7. The maximum Gasteiger partial charge on any atom is 0.335 e. The molecule has 40 heavy (non-hydrogen) atoms. The predicted molar refractivity (Wildman–Crippen MR) is 154 cm³/mol. The number of amides is 4. The minimum atomic E-state index is -0.833. The molecule has 1 saturated heterocycles. The summed E-state index contributed by atoms with van der Waals surface area (Å²) in [5.74, 6) is 0.654. The Bertz CT molecular complexity index is 1470. The van der Waals surface area contributed by atoms with Crippen LogP contribution in [0.25, 0.3) is 6.08 Å². The van der Waals surface area contributed by atoms with Crippen molar-refractivity contribution < 1.29 is 33.3 Å². The number of carbonyl (C=O) groups excluding carboxylic acids is 3. The molecular weight excluding hydrogens is 580 g/mol. The molecule has 0 saturated carbocycles. The van der Waals surface area contributed by atoms with Gasteiger partial charge >= 0.3 is 6.03 Å². The fourth-order valence-corrected chi connectivity index (χ4v) is 4.55. The van der Waals surface area contributed by atoms with Gasteiger partial charge in [0, 0.05) is 0 Å². The van der Waals surface area contributed by atoms with E-state index in [1.165, 1.54) is 18.7 Å². The average Bonchev–Trinajstić information content (AvgIpc) is 2.92. The minimum Gasteiger partial charge on any atom is -0.497 e. The zero-order valence-electron chi connectivity index (χ0n) is 22.6. The molecule has 0 bridgehead atoms. The van der Waals surface area contributed by atoms with Crippen LogP contribution in [0.15, 0.2) is 64.6 Å². The first-order valence-electron chi connectivity index (χ1n) is 12.6. The highest BCUT2D eigenvalue weighted by Gasteiger charge is 2.37. The Labute approximate surface area is 240 Å². The minimum absolute atomic E-state index is 0.208. The van der Waals surface area contributed by atoms with Crippen LogP contribution in [-0.2, 0) is 9.59 Å². The molecule has 0 unspecified atom stereocenters. The second-order valence-corrected chi connectivity index (χ2v) is 9.72. The number of hydrogen-bond donors (Lipinski definition) is 1. The summed E-state index contributed by atoms with van der Waals surface area (Å²) in [6, 6.07) is 14.8. The number of benzene rings is 3. The lowest BCUT2D eigenvalue weighted by Gasteiger charge is -2.26. The topological polar surface area (TPSA) is 103 Å². The van der Waals surface area contributed by atoms with E-state index in [9.17, 15) is 14.4 Å². The van der Waals surface area contributed by atoms with Crippen LogP contribution < -0.4 is 29.2 Å². The fourth-order valence-electron chi connectivity index (χ4n) is 3.97. The highest BCUT2D eigenvalue weighted by Crippen LogP contribution is 2.38. The van der Waals surface area contributed by atoms with Crippen LogP contribution in [0.3, 0.4) is 0 Å². The molecule has 1 N–H and O–H groups in total. The van der Waals surface area contributed by atoms with Crippen LogP contribution in [0.4, 0.5) is 10.5 Å². The van der Waals surface area contributed by atoms with Gasteiger partial charge in [-0.25, -0.2) is 9.69 Å². The summed E-state index contributed by atoms with van der Waals surface area (Å²) in [5, 5.41) is 2.22. The van der Waals surface area contributed by atoms with Gasteiger partial charge in [0.2, 0.25) is 0 Å². The smallest absolute Gasteiger partial charge is 0.335 e. The first-order valence-corrected chi connectivity index (χ1v) is 13.4. The lowest BCUT2D eigenvalue weighted by molar-refractivity contribution is -0.122. The van der Waals surface area contributed by atoms with Crippen LogP contribution in [-0.4, -0.2) is 44.8 Å². The number of aryl methyl sites for hydroxylation is 2. The van der Waals surface area contributed by atoms with Gasteiger partial charge in [0.15, 0.2) is 11.5 Å². The van der Waals surface area contributed by atoms with E-state index in [0.717, 1.165) is 16.2 Å². The van der Waals surface area contributed by atoms with E-state index >= 15 is 0 Å². The SMILES string of the molecule is CCOc1cc(/C=C2\C(=O)NC(=O)N(c3ccc(OC)cc3)C2=O)cc(Br)c1OCCOc1ccc(C)c(C)c1. The Morgan fingerprint density at radius 1 is 0.875 bits per heavy atom. The summed E-state index contributed by atoms with van der Waals surface area (Å²) in [6.07, 6.45) is 1.40. The summed E-state index contributed by atoms with van der Waals surface area (Å²) >= 11 is 3.51. The second kappa shape index (κ2) is 12.7. The van der Waals surface area contributed by atoms with E-state index in [1.807, 2.05) is 39.0 Å². The average molecular weight is 609 g/mol. The fraction of sp³-hybridized carbons (Fsp3) is 0.233. The number of nitrogens with zero attached hydrogens (tertiary/aromatic N) is 1. The normalized spacial score (nSPS) is 14.3. The van der Waals surface area contributed by atoms with Gasteiger partial charge in [0.05, 0.1) is 23.9 Å². The maximum atomic E-state index is 13.3. The molecular formula is C30H29BrN2O7. The Morgan fingerprint density at radius 3 is 2.25 bits per heavy atom. The molecule has 3 aromatic carbocycles. The molecule has 1 fully saturated rings. The zero-order chi connectivity index (χ0) is 28.8. The quantitative estimate of drug-likeness (QED) is 0.181. The lowest BCUT2D eigenvalue weighted by atomic mass is 10.1. The summed E-state index contributed by atoms with van der Waals surface area (Å²) in [6.45, 7) is 6.84. The van der Waals surface area contributed by atoms with Crippen molar-refractivity contribution in [2.45, 2.75) is 20.8 Å². The highest BCUT2D eigenvalue weighted by atomic mass is 79.9. The third kappa shape index (κ3) is 6.45. The third-order valence-electron chi connectivity index (χ3n) is 6.15. The summed E-state index contributed by atoms with van der Waals surface area (Å²) in [5.41, 5.74) is 2.92. The Morgan fingerprint density at radius 2 is 1.57 bits per heavy atom. The zero-order valence-corrected chi connectivity index (χ0v) is 24.2. The molecule has 4 rings (SSSR count). The van der Waals surface area contributed by atoms with Crippen LogP contribution in [0.1, 0.15) is 23.6 Å². The van der Waals surface area contributed by atoms with Crippen molar-refractivity contribution in [3.63, 3.8) is 0 Å². The van der Waals surface area contributed by atoms with Gasteiger partial charge in [-0.2, -0.15) is 0 Å². The van der Waals surface area contributed by atoms with E-state index in [-0.39, 0.29) is 12.2 Å². The van der Waals surface area contributed by atoms with Crippen LogP contribution >= 0.6 is 15.9 Å². The van der Waals surface area contributed by atoms with Gasteiger partial charge < -0.3 is 18.9 Å². The Hall–Kier alpha value is -4.31. The van der Waals surface area contributed by atoms with Gasteiger partial charge in [-0.3, -0.25) is 14.9 Å². The second-order valence-electron chi connectivity index (χ2n) is 8.86. The molecule has 1 heterocycles. The molecule has 0 radical (unpaired) electrons. The number of nitrogens with one attached hydrogen (secondary N) is 1. The van der Waals surface area contributed by atoms with Crippen molar-refractivity contribution in [1.29, 1.82) is 0 Å². The number of barbiturate groups is 1. The van der Waals surface area contributed by atoms with Gasteiger partial charge in [-0.15, -0.1) is 0 Å². The number of carbonyl (C=O) groups is 3. The molecule has 9 nitrogen and oxygen atoms in total. The molecule has 4 amide bonds. The number of imide groups is 2. The first-order chi connectivity index (χ1) is 19.2. The maximum absolute atomic E-state index is 13.3. The summed E-state index contributed by atoms with van der Waals surface area (Å²) in [7, 11) is 1.51. The molecule has 0 aromatic heterocycles. The monoisotopic (exact) mass is 608 g/mol. The Balaban J connectivity index is 1.54. The largest absolute Gasteiger partial charge is 0.497 e. The van der Waals surface area contributed by atoms with Gasteiger partial charge in [-0.05, 0) is 108 Å². The molecule has 1 aliphatic rings. The van der Waals surface area contributed by atoms with Crippen molar-refractivity contribution in [1.82, 2.24) is 5.32 Å². The lowest BCUT2D eigenvalue weighted by Crippen LogP contribution is -2.54. The van der Waals surface area contributed by atoms with Gasteiger partial charge in [0.1, 0.15) is 30.3 Å². The number of rotatable bonds is 10. The highest BCUT2D eigenvalue weighted by molar-refractivity contribution is 9.10. The standard InChI is InChI=1S/C30H29BrN2O7/c1-5-38-26-17-20(16-25(31)27(26)40-13-12-39-23-9-6-18(2)19(3)14-23)15-24-28(34)32-30(36)33(29(24)35)21-7-10-22(37-4)11-8-21/h6-11,14-17H,5,12-13H2,1-4H3,(H,32,34,36)/b24-15+. The molecule has 1 aliphatic heterocycles. The number of anilines is 1. The van der Waals surface area contributed by atoms with E-state index in [0.29, 0.717) is 46.2 Å². The molecule has 10 heteroatoms. The van der Waals surface area contributed by atoms with Crippen molar-refractivity contribution in [3.05, 3.63) is 81.3 Å². The first kappa shape index (κ1) is 28.7. The van der Waals surface area contributed by atoms with Crippen LogP contribution in [0.5, 0.6) is 23.0 Å². The number of methoxy groups -OCH3 is 1. The van der Waals surface area contributed by atoms with Crippen molar-refractivity contribution in [2.24, 2.45) is 0 Å². The van der Waals surface area contributed by atoms with Crippen molar-refractivity contribution >= 4 is 45.5 Å². The molecule has 3 aromatic rings. The Kier molecular flexibility index (Phi) is 9.11. The molecule has 0 atom stereocenters. The van der Waals surface area contributed by atoms with E-state index in [2.05, 4.69) is 21.2 Å². The van der Waals surface area contributed by atoms with Crippen LogP contribution in [0.2, 0.25) is 0 Å². The third-order valence-corrected chi connectivity index (χ3v) is 6.74. The predicted octanol–water partition coefficient (Wildman–Crippen LogP) is 5.60. The molecule has 208 valence electrons. The number of halogens is 1.